The SMILES string of the molecule is C/C1=C\[C@H](O)C/C(C)=C/C[C@@]2(C)CC[C@](O)(C(C)C)[C@@H]2CC1. The van der Waals surface area contributed by atoms with E-state index in [1.165, 1.54) is 11.1 Å². The fraction of sp³-hybridized carbons (Fsp3) is 0.800. The summed E-state index contributed by atoms with van der Waals surface area (Å²) in [4.78, 5) is 0. The largest absolute Gasteiger partial charge is 0.389 e. The van der Waals surface area contributed by atoms with Crippen LogP contribution in [0.2, 0.25) is 0 Å². The predicted molar refractivity (Wildman–Crippen MR) is 92.6 cm³/mol. The Hall–Kier alpha value is -0.600. The van der Waals surface area contributed by atoms with Crippen LogP contribution in [0.3, 0.4) is 0 Å². The second-order valence-electron chi connectivity index (χ2n) is 8.43. The number of hydrogen-bond acceptors (Lipinski definition) is 2. The minimum absolute atomic E-state index is 0.176. The first-order valence-corrected chi connectivity index (χ1v) is 8.91. The Bertz CT molecular complexity index is 462. The van der Waals surface area contributed by atoms with Crippen molar-refractivity contribution in [1.82, 2.24) is 0 Å². The summed E-state index contributed by atoms with van der Waals surface area (Å²) in [5.74, 6) is 0.632. The summed E-state index contributed by atoms with van der Waals surface area (Å²) < 4.78 is 0. The van der Waals surface area contributed by atoms with Gasteiger partial charge in [0.2, 0.25) is 0 Å². The molecule has 0 spiro atoms. The van der Waals surface area contributed by atoms with Crippen molar-refractivity contribution in [3.05, 3.63) is 23.3 Å². The maximum Gasteiger partial charge on any atom is 0.0760 e. The van der Waals surface area contributed by atoms with Gasteiger partial charge in [0.05, 0.1) is 11.7 Å². The maximum atomic E-state index is 11.3. The van der Waals surface area contributed by atoms with Crippen LogP contribution in [0.5, 0.6) is 0 Å². The molecule has 2 N–H and O–H groups in total. The van der Waals surface area contributed by atoms with E-state index in [1.54, 1.807) is 0 Å². The molecule has 2 aliphatic carbocycles. The highest BCUT2D eigenvalue weighted by molar-refractivity contribution is 5.14. The zero-order valence-corrected chi connectivity index (χ0v) is 15.0. The van der Waals surface area contributed by atoms with E-state index in [1.807, 2.05) is 6.08 Å². The Morgan fingerprint density at radius 3 is 2.50 bits per heavy atom. The van der Waals surface area contributed by atoms with Gasteiger partial charge in [0.1, 0.15) is 0 Å². The van der Waals surface area contributed by atoms with Crippen molar-refractivity contribution in [3.63, 3.8) is 0 Å². The highest BCUT2D eigenvalue weighted by Gasteiger charge is 2.54. The zero-order chi connectivity index (χ0) is 16.5. The molecule has 0 unspecified atom stereocenters. The number of fused-ring (bicyclic) bond motifs is 1. The van der Waals surface area contributed by atoms with Gasteiger partial charge in [-0.15, -0.1) is 0 Å². The molecule has 2 nitrogen and oxygen atoms in total. The third-order valence-electron chi connectivity index (χ3n) is 6.29. The third kappa shape index (κ3) is 3.49. The van der Waals surface area contributed by atoms with Crippen LogP contribution in [-0.4, -0.2) is 21.9 Å². The first-order valence-electron chi connectivity index (χ1n) is 8.91. The van der Waals surface area contributed by atoms with E-state index >= 15 is 0 Å². The van der Waals surface area contributed by atoms with Gasteiger partial charge in [-0.05, 0) is 69.6 Å². The Kier molecular flexibility index (Phi) is 5.23. The summed E-state index contributed by atoms with van der Waals surface area (Å²) in [5, 5.41) is 21.4. The van der Waals surface area contributed by atoms with Gasteiger partial charge in [-0.1, -0.05) is 44.1 Å². The monoisotopic (exact) mass is 306 g/mol. The van der Waals surface area contributed by atoms with E-state index in [-0.39, 0.29) is 11.5 Å². The van der Waals surface area contributed by atoms with Crippen LogP contribution in [0.15, 0.2) is 23.3 Å². The van der Waals surface area contributed by atoms with Crippen LogP contribution in [0.25, 0.3) is 0 Å². The minimum atomic E-state index is -0.538. The molecule has 0 heterocycles. The van der Waals surface area contributed by atoms with Crippen LogP contribution in [0, 0.1) is 17.3 Å². The van der Waals surface area contributed by atoms with E-state index in [0.717, 1.165) is 38.5 Å². The summed E-state index contributed by atoms with van der Waals surface area (Å²) >= 11 is 0. The summed E-state index contributed by atoms with van der Waals surface area (Å²) in [5.41, 5.74) is 2.15. The summed E-state index contributed by atoms with van der Waals surface area (Å²) in [7, 11) is 0. The van der Waals surface area contributed by atoms with Gasteiger partial charge >= 0.3 is 0 Å². The molecule has 0 aromatic heterocycles. The lowest BCUT2D eigenvalue weighted by Crippen LogP contribution is -2.43. The molecule has 0 saturated heterocycles. The summed E-state index contributed by atoms with van der Waals surface area (Å²) in [6, 6.07) is 0. The molecular formula is C20H34O2. The lowest BCUT2D eigenvalue weighted by atomic mass is 9.67. The van der Waals surface area contributed by atoms with Crippen molar-refractivity contribution >= 4 is 0 Å². The van der Waals surface area contributed by atoms with Crippen molar-refractivity contribution in [2.24, 2.45) is 17.3 Å². The van der Waals surface area contributed by atoms with Crippen LogP contribution < -0.4 is 0 Å². The Labute approximate surface area is 136 Å². The predicted octanol–water partition coefficient (Wildman–Crippen LogP) is 4.62. The molecule has 126 valence electrons. The topological polar surface area (TPSA) is 40.5 Å². The zero-order valence-electron chi connectivity index (χ0n) is 15.0. The van der Waals surface area contributed by atoms with E-state index in [9.17, 15) is 10.2 Å². The van der Waals surface area contributed by atoms with Gasteiger partial charge in [-0.2, -0.15) is 0 Å². The molecule has 22 heavy (non-hydrogen) atoms. The lowest BCUT2D eigenvalue weighted by molar-refractivity contribution is -0.0641. The van der Waals surface area contributed by atoms with E-state index in [0.29, 0.717) is 11.8 Å². The molecule has 2 aliphatic rings. The van der Waals surface area contributed by atoms with Crippen molar-refractivity contribution in [3.8, 4) is 0 Å². The van der Waals surface area contributed by atoms with Crippen molar-refractivity contribution in [2.45, 2.75) is 84.8 Å². The van der Waals surface area contributed by atoms with Gasteiger partial charge < -0.3 is 10.2 Å². The molecule has 0 aromatic rings. The fourth-order valence-corrected chi connectivity index (χ4v) is 4.63. The summed E-state index contributed by atoms with van der Waals surface area (Å²) in [6.07, 6.45) is 9.70. The highest BCUT2D eigenvalue weighted by Crippen LogP contribution is 2.56. The number of allylic oxidation sites excluding steroid dienone is 2. The summed E-state index contributed by atoms with van der Waals surface area (Å²) in [6.45, 7) is 10.9. The first kappa shape index (κ1) is 17.7. The van der Waals surface area contributed by atoms with Crippen LogP contribution in [0.4, 0.5) is 0 Å². The standard InChI is InChI=1S/C20H34O2/c1-14(2)20(22)11-10-19(5)9-8-16(4)13-17(21)12-15(3)6-7-18(19)20/h8,12,14,17-18,21-22H,6-7,9-11,13H2,1-5H3/b15-12+,16-8+/t17-,18+,19-,20-/m0/s1. The highest BCUT2D eigenvalue weighted by atomic mass is 16.3. The minimum Gasteiger partial charge on any atom is -0.389 e. The first-order chi connectivity index (χ1) is 10.2. The normalized spacial score (nSPS) is 45.5. The molecule has 1 fully saturated rings. The number of aliphatic hydroxyl groups is 2. The van der Waals surface area contributed by atoms with Crippen LogP contribution in [-0.2, 0) is 0 Å². The molecule has 0 amide bonds. The van der Waals surface area contributed by atoms with E-state index in [2.05, 4.69) is 40.7 Å². The molecule has 2 heteroatoms. The molecule has 1 saturated carbocycles. The van der Waals surface area contributed by atoms with E-state index < -0.39 is 5.60 Å². The number of aliphatic hydroxyl groups excluding tert-OH is 1. The van der Waals surface area contributed by atoms with Gasteiger partial charge in [-0.3, -0.25) is 0 Å². The second kappa shape index (κ2) is 6.49. The lowest BCUT2D eigenvalue weighted by Gasteiger charge is -2.41. The Balaban J connectivity index is 2.35. The number of hydrogen-bond donors (Lipinski definition) is 2. The Morgan fingerprint density at radius 1 is 1.18 bits per heavy atom. The average molecular weight is 306 g/mol. The van der Waals surface area contributed by atoms with Crippen molar-refractivity contribution in [1.29, 1.82) is 0 Å². The molecule has 2 rings (SSSR count). The fourth-order valence-electron chi connectivity index (χ4n) is 4.63. The molecule has 0 radical (unpaired) electrons. The third-order valence-corrected chi connectivity index (χ3v) is 6.29. The molecular weight excluding hydrogens is 272 g/mol. The Morgan fingerprint density at radius 2 is 1.86 bits per heavy atom. The van der Waals surface area contributed by atoms with E-state index in [4.69, 9.17) is 0 Å². The second-order valence-corrected chi connectivity index (χ2v) is 8.43. The molecule has 4 atom stereocenters. The van der Waals surface area contributed by atoms with Gasteiger partial charge in [0, 0.05) is 0 Å². The molecule has 0 aliphatic heterocycles. The maximum absolute atomic E-state index is 11.3. The van der Waals surface area contributed by atoms with Crippen molar-refractivity contribution in [2.75, 3.05) is 0 Å². The smallest absolute Gasteiger partial charge is 0.0760 e. The van der Waals surface area contributed by atoms with Gasteiger partial charge in [0.25, 0.3) is 0 Å². The van der Waals surface area contributed by atoms with Gasteiger partial charge in [-0.25, -0.2) is 0 Å². The van der Waals surface area contributed by atoms with Gasteiger partial charge in [0.15, 0.2) is 0 Å². The van der Waals surface area contributed by atoms with Crippen LogP contribution >= 0.6 is 0 Å². The van der Waals surface area contributed by atoms with Crippen molar-refractivity contribution < 1.29 is 10.2 Å². The molecule has 0 bridgehead atoms. The number of rotatable bonds is 1. The van der Waals surface area contributed by atoms with Crippen LogP contribution in [0.1, 0.15) is 73.1 Å². The average Bonchev–Trinajstić information content (AvgIpc) is 2.67. The quantitative estimate of drug-likeness (QED) is 0.694. The molecule has 0 aromatic carbocycles.